The van der Waals surface area contributed by atoms with Gasteiger partial charge in [-0.05, 0) is 47.5 Å². The zero-order valence-corrected chi connectivity index (χ0v) is 12.9. The lowest BCUT2D eigenvalue weighted by Gasteiger charge is -2.05. The summed E-state index contributed by atoms with van der Waals surface area (Å²) in [5.74, 6) is -0.232. The van der Waals surface area contributed by atoms with E-state index in [4.69, 9.17) is 0 Å². The first kappa shape index (κ1) is 14.5. The molecule has 2 rings (SSSR count). The molecule has 0 atom stereocenters. The van der Waals surface area contributed by atoms with Crippen molar-refractivity contribution in [2.24, 2.45) is 5.10 Å². The highest BCUT2D eigenvalue weighted by molar-refractivity contribution is 9.10. The molecule has 0 spiro atoms. The van der Waals surface area contributed by atoms with E-state index in [1.165, 1.54) is 5.56 Å². The summed E-state index contributed by atoms with van der Waals surface area (Å²) in [6.45, 7) is 3.90. The third-order valence-electron chi connectivity index (χ3n) is 2.91. The minimum atomic E-state index is -0.232. The van der Waals surface area contributed by atoms with Crippen molar-refractivity contribution >= 4 is 27.5 Å². The third kappa shape index (κ3) is 3.54. The highest BCUT2D eigenvalue weighted by Crippen LogP contribution is 2.15. The van der Waals surface area contributed by atoms with Crippen LogP contribution in [0.2, 0.25) is 0 Å². The van der Waals surface area contributed by atoms with Gasteiger partial charge in [-0.3, -0.25) is 4.79 Å². The van der Waals surface area contributed by atoms with Crippen molar-refractivity contribution in [2.75, 3.05) is 0 Å². The van der Waals surface area contributed by atoms with Crippen LogP contribution in [0.1, 0.15) is 28.4 Å². The molecule has 2 aromatic carbocycles. The molecular weight excluding hydrogens is 316 g/mol. The molecule has 0 aliphatic heterocycles. The normalized spacial score (nSPS) is 11.2. The van der Waals surface area contributed by atoms with E-state index in [2.05, 4.69) is 26.5 Å². The summed E-state index contributed by atoms with van der Waals surface area (Å²) < 4.78 is 0.751. The van der Waals surface area contributed by atoms with Crippen LogP contribution in [0.3, 0.4) is 0 Å². The van der Waals surface area contributed by atoms with E-state index in [9.17, 15) is 4.79 Å². The fraction of sp³-hybridized carbons (Fsp3) is 0.125. The Morgan fingerprint density at radius 1 is 1.10 bits per heavy atom. The van der Waals surface area contributed by atoms with Crippen molar-refractivity contribution < 1.29 is 4.79 Å². The van der Waals surface area contributed by atoms with Crippen molar-refractivity contribution in [3.05, 3.63) is 69.7 Å². The zero-order chi connectivity index (χ0) is 14.5. The molecule has 0 unspecified atom stereocenters. The van der Waals surface area contributed by atoms with Crippen LogP contribution in [0.15, 0.2) is 58.1 Å². The van der Waals surface area contributed by atoms with Crippen LogP contribution < -0.4 is 5.43 Å². The third-order valence-corrected chi connectivity index (χ3v) is 3.60. The minimum Gasteiger partial charge on any atom is -0.267 e. The van der Waals surface area contributed by atoms with Gasteiger partial charge in [-0.2, -0.15) is 5.10 Å². The van der Waals surface area contributed by atoms with Gasteiger partial charge in [0.05, 0.1) is 11.3 Å². The first-order valence-electron chi connectivity index (χ1n) is 6.24. The molecule has 0 bridgehead atoms. The van der Waals surface area contributed by atoms with E-state index in [1.54, 1.807) is 6.07 Å². The maximum absolute atomic E-state index is 12.0. The highest BCUT2D eigenvalue weighted by atomic mass is 79.9. The quantitative estimate of drug-likeness (QED) is 0.672. The fourth-order valence-electron chi connectivity index (χ4n) is 1.70. The van der Waals surface area contributed by atoms with Crippen molar-refractivity contribution in [1.82, 2.24) is 5.43 Å². The van der Waals surface area contributed by atoms with Crippen LogP contribution in [0.5, 0.6) is 0 Å². The Balaban J connectivity index is 2.11. The lowest BCUT2D eigenvalue weighted by Crippen LogP contribution is -2.19. The summed E-state index contributed by atoms with van der Waals surface area (Å²) >= 11 is 3.35. The molecule has 3 nitrogen and oxygen atoms in total. The summed E-state index contributed by atoms with van der Waals surface area (Å²) in [7, 11) is 0. The Labute approximate surface area is 126 Å². The zero-order valence-electron chi connectivity index (χ0n) is 11.4. The van der Waals surface area contributed by atoms with Gasteiger partial charge in [0, 0.05) is 4.47 Å². The Morgan fingerprint density at radius 3 is 2.40 bits per heavy atom. The second kappa shape index (κ2) is 6.48. The molecule has 0 saturated carbocycles. The van der Waals surface area contributed by atoms with Crippen LogP contribution in [0, 0.1) is 6.92 Å². The lowest BCUT2D eigenvalue weighted by atomic mass is 10.1. The Bertz CT molecular complexity index is 648. The summed E-state index contributed by atoms with van der Waals surface area (Å²) in [6.07, 6.45) is 0. The van der Waals surface area contributed by atoms with Crippen molar-refractivity contribution in [2.45, 2.75) is 13.8 Å². The molecule has 0 heterocycles. The van der Waals surface area contributed by atoms with Gasteiger partial charge in [0.2, 0.25) is 0 Å². The number of carbonyl (C=O) groups excluding carboxylic acids is 1. The summed E-state index contributed by atoms with van der Waals surface area (Å²) in [4.78, 5) is 12.0. The van der Waals surface area contributed by atoms with Crippen LogP contribution in [-0.2, 0) is 0 Å². The number of hydrogen-bond donors (Lipinski definition) is 1. The van der Waals surface area contributed by atoms with Gasteiger partial charge in [0.1, 0.15) is 0 Å². The van der Waals surface area contributed by atoms with Crippen molar-refractivity contribution in [1.29, 1.82) is 0 Å². The van der Waals surface area contributed by atoms with Gasteiger partial charge < -0.3 is 0 Å². The number of hydrazone groups is 1. The van der Waals surface area contributed by atoms with Crippen LogP contribution >= 0.6 is 15.9 Å². The number of nitrogens with zero attached hydrogens (tertiary/aromatic N) is 1. The van der Waals surface area contributed by atoms with Gasteiger partial charge in [-0.25, -0.2) is 5.43 Å². The number of benzene rings is 2. The summed E-state index contributed by atoms with van der Waals surface area (Å²) in [5.41, 5.74) is 6.09. The molecule has 0 aromatic heterocycles. The van der Waals surface area contributed by atoms with Gasteiger partial charge in [-0.15, -0.1) is 0 Å². The predicted molar refractivity (Wildman–Crippen MR) is 85.0 cm³/mol. The van der Waals surface area contributed by atoms with Gasteiger partial charge >= 0.3 is 0 Å². The molecule has 1 amide bonds. The number of amides is 1. The molecule has 20 heavy (non-hydrogen) atoms. The van der Waals surface area contributed by atoms with Crippen LogP contribution in [0.25, 0.3) is 0 Å². The average molecular weight is 331 g/mol. The number of rotatable bonds is 3. The van der Waals surface area contributed by atoms with E-state index in [-0.39, 0.29) is 5.91 Å². The fourth-order valence-corrected chi connectivity index (χ4v) is 2.16. The molecule has 4 heteroatoms. The Morgan fingerprint density at radius 2 is 1.75 bits per heavy atom. The second-order valence-corrected chi connectivity index (χ2v) is 5.34. The van der Waals surface area contributed by atoms with Gasteiger partial charge in [-0.1, -0.05) is 42.0 Å². The standard InChI is InChI=1S/C16H15BrN2O/c1-11-7-9-13(10-8-11)12(2)18-19-16(20)14-5-3-4-6-15(14)17/h3-10H,1-2H3,(H,19,20)/b18-12+. The number of hydrogen-bond acceptors (Lipinski definition) is 2. The number of aryl methyl sites for hydroxylation is 1. The Kier molecular flexibility index (Phi) is 4.69. The number of halogens is 1. The molecule has 0 radical (unpaired) electrons. The molecule has 0 saturated heterocycles. The largest absolute Gasteiger partial charge is 0.272 e. The maximum Gasteiger partial charge on any atom is 0.272 e. The molecule has 0 fully saturated rings. The molecule has 2 aromatic rings. The second-order valence-electron chi connectivity index (χ2n) is 4.48. The average Bonchev–Trinajstić information content (AvgIpc) is 2.45. The first-order valence-corrected chi connectivity index (χ1v) is 7.03. The van der Waals surface area contributed by atoms with Gasteiger partial charge in [0.25, 0.3) is 5.91 Å². The van der Waals surface area contributed by atoms with E-state index < -0.39 is 0 Å². The maximum atomic E-state index is 12.0. The predicted octanol–water partition coefficient (Wildman–Crippen LogP) is 3.91. The van der Waals surface area contributed by atoms with Gasteiger partial charge in [0.15, 0.2) is 0 Å². The molecule has 102 valence electrons. The summed E-state index contributed by atoms with van der Waals surface area (Å²) in [6, 6.07) is 15.3. The van der Waals surface area contributed by atoms with Crippen molar-refractivity contribution in [3.8, 4) is 0 Å². The number of carbonyl (C=O) groups is 1. The summed E-state index contributed by atoms with van der Waals surface area (Å²) in [5, 5.41) is 4.14. The lowest BCUT2D eigenvalue weighted by molar-refractivity contribution is 0.0954. The van der Waals surface area contributed by atoms with Crippen LogP contribution in [-0.4, -0.2) is 11.6 Å². The molecule has 1 N–H and O–H groups in total. The van der Waals surface area contributed by atoms with Crippen molar-refractivity contribution in [3.63, 3.8) is 0 Å². The molecule has 0 aliphatic carbocycles. The van der Waals surface area contributed by atoms with E-state index in [1.807, 2.05) is 56.3 Å². The SMILES string of the molecule is C/C(=N\NC(=O)c1ccccc1Br)c1ccc(C)cc1. The smallest absolute Gasteiger partial charge is 0.267 e. The van der Waals surface area contributed by atoms with E-state index >= 15 is 0 Å². The van der Waals surface area contributed by atoms with E-state index in [0.29, 0.717) is 5.56 Å². The van der Waals surface area contributed by atoms with Crippen LogP contribution in [0.4, 0.5) is 0 Å². The minimum absolute atomic E-state index is 0.232. The number of nitrogens with one attached hydrogen (secondary N) is 1. The highest BCUT2D eigenvalue weighted by Gasteiger charge is 2.08. The Hall–Kier alpha value is -1.94. The molecule has 0 aliphatic rings. The topological polar surface area (TPSA) is 41.5 Å². The monoisotopic (exact) mass is 330 g/mol. The van der Waals surface area contributed by atoms with E-state index in [0.717, 1.165) is 15.7 Å². The first-order chi connectivity index (χ1) is 9.58. The molecular formula is C16H15BrN2O.